The van der Waals surface area contributed by atoms with E-state index in [0.29, 0.717) is 5.56 Å². The minimum atomic E-state index is -2.26. The average molecular weight is 400 g/mol. The maximum absolute atomic E-state index is 12.3. The molecule has 1 saturated heterocycles. The van der Waals surface area contributed by atoms with E-state index in [1.807, 2.05) is 0 Å². The minimum absolute atomic E-state index is 0.0316. The number of benzene rings is 1. The number of aliphatic hydroxyl groups is 4. The molecule has 0 aromatic heterocycles. The largest absolute Gasteiger partial charge is 0.508 e. The molecule has 5 atom stereocenters. The summed E-state index contributed by atoms with van der Waals surface area (Å²) in [7, 11) is 0. The van der Waals surface area contributed by atoms with Crippen LogP contribution >= 0.6 is 0 Å². The number of aliphatic hydroxyl groups excluding tert-OH is 3. The second kappa shape index (κ2) is 9.28. The first kappa shape index (κ1) is 22.0. The number of aliphatic carboxylic acids is 1. The Morgan fingerprint density at radius 1 is 1.21 bits per heavy atom. The van der Waals surface area contributed by atoms with Gasteiger partial charge >= 0.3 is 5.97 Å². The minimum Gasteiger partial charge on any atom is -0.508 e. The van der Waals surface area contributed by atoms with Crippen molar-refractivity contribution in [3.8, 4) is 5.75 Å². The van der Waals surface area contributed by atoms with Crippen molar-refractivity contribution in [2.75, 3.05) is 19.7 Å². The van der Waals surface area contributed by atoms with Crippen LogP contribution in [0, 0.1) is 0 Å². The number of hydrogen-bond donors (Lipinski definition) is 8. The third kappa shape index (κ3) is 5.61. The van der Waals surface area contributed by atoms with Gasteiger partial charge in [0, 0.05) is 0 Å². The normalized spacial score (nSPS) is 28.5. The highest BCUT2D eigenvalue weighted by atomic mass is 16.6. The Labute approximate surface area is 160 Å². The van der Waals surface area contributed by atoms with Gasteiger partial charge in [0.1, 0.15) is 30.6 Å². The number of phenols is 1. The van der Waals surface area contributed by atoms with Crippen molar-refractivity contribution in [3.63, 3.8) is 0 Å². The lowest BCUT2D eigenvalue weighted by atomic mass is 9.96. The number of nitrogens with one attached hydrogen (secondary N) is 2. The lowest BCUT2D eigenvalue weighted by molar-refractivity contribution is -0.318. The number of hydrogen-bond acceptors (Lipinski definition) is 9. The highest BCUT2D eigenvalue weighted by Gasteiger charge is 2.48. The summed E-state index contributed by atoms with van der Waals surface area (Å²) >= 11 is 0. The summed E-state index contributed by atoms with van der Waals surface area (Å²) in [6.45, 7) is -1.52. The van der Waals surface area contributed by atoms with E-state index in [2.05, 4.69) is 10.6 Å². The maximum Gasteiger partial charge on any atom is 0.322 e. The zero-order valence-electron chi connectivity index (χ0n) is 14.9. The third-order valence-electron chi connectivity index (χ3n) is 4.39. The van der Waals surface area contributed by atoms with Gasteiger partial charge in [-0.05, 0) is 24.1 Å². The van der Waals surface area contributed by atoms with Gasteiger partial charge in [0.15, 0.2) is 0 Å². The van der Waals surface area contributed by atoms with E-state index in [9.17, 15) is 35.1 Å². The number of aromatic hydroxyl groups is 1. The molecule has 1 aromatic rings. The lowest BCUT2D eigenvalue weighted by Crippen LogP contribution is -2.65. The molecule has 0 saturated carbocycles. The quantitative estimate of drug-likeness (QED) is 0.222. The number of amides is 1. The lowest BCUT2D eigenvalue weighted by Gasteiger charge is -2.42. The Bertz CT molecular complexity index is 684. The van der Waals surface area contributed by atoms with E-state index < -0.39 is 61.7 Å². The van der Waals surface area contributed by atoms with Gasteiger partial charge in [0.2, 0.25) is 11.7 Å². The van der Waals surface area contributed by atoms with Gasteiger partial charge in [-0.2, -0.15) is 0 Å². The van der Waals surface area contributed by atoms with E-state index in [-0.39, 0.29) is 12.2 Å². The molecule has 1 aliphatic rings. The summed E-state index contributed by atoms with van der Waals surface area (Å²) in [5.41, 5.74) is 0.633. The standard InChI is InChI=1S/C17H24N2O9/c20-10-3-1-9(2-4-10)5-11(16(26)18-6-13(22)23)19-8-17(27)15(25)14(24)12(21)7-28-17/h1-4,11-12,14-15,19-21,24-25,27H,5-8H2,(H,18,26)(H,22,23)/t11-,12+,14+,15-,17+/m0/s1. The van der Waals surface area contributed by atoms with E-state index in [1.165, 1.54) is 12.1 Å². The van der Waals surface area contributed by atoms with Crippen LogP contribution in [0.4, 0.5) is 0 Å². The van der Waals surface area contributed by atoms with E-state index in [0.717, 1.165) is 0 Å². The van der Waals surface area contributed by atoms with Crippen LogP contribution in [0.2, 0.25) is 0 Å². The fourth-order valence-corrected chi connectivity index (χ4v) is 2.73. The van der Waals surface area contributed by atoms with Gasteiger partial charge in [0.25, 0.3) is 0 Å². The van der Waals surface area contributed by atoms with Crippen LogP contribution in [-0.4, -0.2) is 92.4 Å². The molecule has 0 spiro atoms. The second-order valence-electron chi connectivity index (χ2n) is 6.57. The molecular formula is C17H24N2O9. The maximum atomic E-state index is 12.3. The number of rotatable bonds is 8. The summed E-state index contributed by atoms with van der Waals surface area (Å²) in [6, 6.07) is 4.94. The molecule has 1 fully saturated rings. The first-order valence-electron chi connectivity index (χ1n) is 8.53. The Morgan fingerprint density at radius 3 is 2.46 bits per heavy atom. The Balaban J connectivity index is 2.08. The number of carboxylic acid groups (broad SMARTS) is 1. The molecule has 0 bridgehead atoms. The summed E-state index contributed by atoms with van der Waals surface area (Å²) in [5, 5.41) is 62.6. The molecule has 1 amide bonds. The summed E-state index contributed by atoms with van der Waals surface area (Å²) < 4.78 is 5.03. The van der Waals surface area contributed by atoms with Crippen molar-refractivity contribution in [1.29, 1.82) is 0 Å². The number of carbonyl (C=O) groups is 2. The monoisotopic (exact) mass is 400 g/mol. The second-order valence-corrected chi connectivity index (χ2v) is 6.57. The zero-order chi connectivity index (χ0) is 20.9. The van der Waals surface area contributed by atoms with E-state index in [4.69, 9.17) is 9.84 Å². The predicted octanol–water partition coefficient (Wildman–Crippen LogP) is -3.10. The predicted molar refractivity (Wildman–Crippen MR) is 93.2 cm³/mol. The van der Waals surface area contributed by atoms with Crippen LogP contribution in [0.25, 0.3) is 0 Å². The van der Waals surface area contributed by atoms with Crippen LogP contribution in [0.15, 0.2) is 24.3 Å². The topological polar surface area (TPSA) is 189 Å². The first-order chi connectivity index (χ1) is 13.1. The SMILES string of the molecule is O=C(O)CNC(=O)[C@H](Cc1ccc(O)cc1)NC[C@@]1(O)OC[C@@H](O)[C@@H](O)[C@@H]1O. The summed E-state index contributed by atoms with van der Waals surface area (Å²) in [6.07, 6.45) is -4.78. The van der Waals surface area contributed by atoms with Gasteiger partial charge in [-0.3, -0.25) is 9.59 Å². The average Bonchev–Trinajstić information content (AvgIpc) is 2.66. The molecule has 156 valence electrons. The first-order valence-corrected chi connectivity index (χ1v) is 8.53. The Hall–Kier alpha value is -2.28. The molecule has 11 heteroatoms. The number of phenolic OH excluding ortho intramolecular Hbond substituents is 1. The molecule has 2 rings (SSSR count). The number of ether oxygens (including phenoxy) is 1. The molecule has 0 radical (unpaired) electrons. The van der Waals surface area contributed by atoms with Crippen LogP contribution in [0.5, 0.6) is 5.75 Å². The molecule has 11 nitrogen and oxygen atoms in total. The molecule has 1 heterocycles. The van der Waals surface area contributed by atoms with Gasteiger partial charge in [-0.15, -0.1) is 0 Å². The highest BCUT2D eigenvalue weighted by molar-refractivity contribution is 5.85. The summed E-state index contributed by atoms with van der Waals surface area (Å²) in [5.74, 6) is -4.15. The third-order valence-corrected chi connectivity index (χ3v) is 4.39. The van der Waals surface area contributed by atoms with Gasteiger partial charge in [0.05, 0.1) is 19.2 Å². The van der Waals surface area contributed by atoms with Crippen molar-refractivity contribution in [2.24, 2.45) is 0 Å². The van der Waals surface area contributed by atoms with Crippen molar-refractivity contribution >= 4 is 11.9 Å². The zero-order valence-corrected chi connectivity index (χ0v) is 14.9. The molecule has 1 aromatic carbocycles. The Morgan fingerprint density at radius 2 is 1.86 bits per heavy atom. The fraction of sp³-hybridized carbons (Fsp3) is 0.529. The molecule has 8 N–H and O–H groups in total. The van der Waals surface area contributed by atoms with Crippen LogP contribution in [-0.2, 0) is 20.7 Å². The van der Waals surface area contributed by atoms with E-state index in [1.54, 1.807) is 12.1 Å². The Kier molecular flexibility index (Phi) is 7.29. The van der Waals surface area contributed by atoms with Crippen LogP contribution in [0.3, 0.4) is 0 Å². The van der Waals surface area contributed by atoms with Gasteiger partial charge in [-0.25, -0.2) is 0 Å². The highest BCUT2D eigenvalue weighted by Crippen LogP contribution is 2.23. The molecule has 28 heavy (non-hydrogen) atoms. The van der Waals surface area contributed by atoms with Crippen LogP contribution in [0.1, 0.15) is 5.56 Å². The summed E-state index contributed by atoms with van der Waals surface area (Å²) in [4.78, 5) is 23.0. The molecular weight excluding hydrogens is 376 g/mol. The molecule has 1 aliphatic heterocycles. The fourth-order valence-electron chi connectivity index (χ4n) is 2.73. The van der Waals surface area contributed by atoms with Crippen LogP contribution < -0.4 is 10.6 Å². The smallest absolute Gasteiger partial charge is 0.322 e. The molecule has 0 unspecified atom stereocenters. The van der Waals surface area contributed by atoms with Crippen molar-refractivity contribution in [1.82, 2.24) is 10.6 Å². The van der Waals surface area contributed by atoms with Gasteiger partial charge in [-0.1, -0.05) is 12.1 Å². The van der Waals surface area contributed by atoms with Crippen molar-refractivity contribution < 1.29 is 45.0 Å². The number of carboxylic acids is 1. The van der Waals surface area contributed by atoms with Crippen molar-refractivity contribution in [3.05, 3.63) is 29.8 Å². The van der Waals surface area contributed by atoms with E-state index >= 15 is 0 Å². The van der Waals surface area contributed by atoms with Gasteiger partial charge < -0.3 is 46.0 Å². The number of carbonyl (C=O) groups excluding carboxylic acids is 1. The van der Waals surface area contributed by atoms with Crippen molar-refractivity contribution in [2.45, 2.75) is 36.6 Å². The molecule has 0 aliphatic carbocycles.